The molecule has 1 aromatic carbocycles. The molecule has 0 aliphatic heterocycles. The number of aromatic nitrogens is 6. The quantitative estimate of drug-likeness (QED) is 0.559. The van der Waals surface area contributed by atoms with Crippen molar-refractivity contribution >= 4 is 16.7 Å². The number of hydrogen-bond acceptors (Lipinski definition) is 5. The lowest BCUT2D eigenvalue weighted by atomic mass is 10.2. The van der Waals surface area contributed by atoms with Gasteiger partial charge >= 0.3 is 0 Å². The molecule has 0 aliphatic carbocycles. The number of hydrogen-bond donors (Lipinski definition) is 0. The summed E-state index contributed by atoms with van der Waals surface area (Å²) in [7, 11) is 3.50. The smallest absolute Gasteiger partial charge is 0.186 e. The first kappa shape index (κ1) is 11.8. The lowest BCUT2D eigenvalue weighted by Crippen LogP contribution is -1.90. The Kier molecular flexibility index (Phi) is 2.41. The fraction of sp³-hybridized carbons (Fsp3) is 0.143. The fourth-order valence-electron chi connectivity index (χ4n) is 2.29. The maximum Gasteiger partial charge on any atom is 0.186 e. The van der Waals surface area contributed by atoms with Gasteiger partial charge in [0.05, 0.1) is 12.5 Å². The zero-order chi connectivity index (χ0) is 14.4. The third-order valence-electron chi connectivity index (χ3n) is 3.32. The molecule has 0 saturated carbocycles. The van der Waals surface area contributed by atoms with Gasteiger partial charge in [0, 0.05) is 18.8 Å². The number of methoxy groups -OCH3 is 1. The summed E-state index contributed by atoms with van der Waals surface area (Å²) in [6.07, 6.45) is 3.52. The molecule has 0 saturated heterocycles. The molecule has 4 aromatic rings. The van der Waals surface area contributed by atoms with E-state index in [4.69, 9.17) is 4.74 Å². The summed E-state index contributed by atoms with van der Waals surface area (Å²) >= 11 is 0. The Balaban J connectivity index is 1.91. The van der Waals surface area contributed by atoms with Crippen molar-refractivity contribution in [2.45, 2.75) is 0 Å². The number of benzene rings is 1. The largest absolute Gasteiger partial charge is 0.497 e. The molecule has 0 amide bonds. The van der Waals surface area contributed by atoms with E-state index in [0.29, 0.717) is 11.5 Å². The molecule has 3 heterocycles. The highest BCUT2D eigenvalue weighted by Gasteiger charge is 2.12. The number of fused-ring (bicyclic) bond motifs is 3. The maximum atomic E-state index is 5.16. The van der Waals surface area contributed by atoms with Gasteiger partial charge in [-0.15, -0.1) is 5.10 Å². The van der Waals surface area contributed by atoms with Crippen LogP contribution in [-0.4, -0.2) is 36.5 Å². The van der Waals surface area contributed by atoms with E-state index in [1.54, 1.807) is 22.6 Å². The molecular formula is C14H12N6O. The number of nitrogens with zero attached hydrogens (tertiary/aromatic N) is 6. The highest BCUT2D eigenvalue weighted by molar-refractivity contribution is 5.88. The van der Waals surface area contributed by atoms with E-state index in [-0.39, 0.29) is 0 Å². The van der Waals surface area contributed by atoms with Crippen molar-refractivity contribution in [2.75, 3.05) is 7.11 Å². The van der Waals surface area contributed by atoms with Gasteiger partial charge < -0.3 is 4.74 Å². The minimum absolute atomic E-state index is 0.649. The van der Waals surface area contributed by atoms with Crippen LogP contribution in [-0.2, 0) is 7.05 Å². The molecule has 0 unspecified atom stereocenters. The lowest BCUT2D eigenvalue weighted by molar-refractivity contribution is 0.415. The molecular weight excluding hydrogens is 268 g/mol. The molecule has 7 heteroatoms. The molecule has 3 aromatic heterocycles. The van der Waals surface area contributed by atoms with Gasteiger partial charge in [-0.1, -0.05) is 0 Å². The van der Waals surface area contributed by atoms with E-state index in [2.05, 4.69) is 20.2 Å². The minimum atomic E-state index is 0.649. The molecule has 0 fully saturated rings. The number of aryl methyl sites for hydroxylation is 1. The summed E-state index contributed by atoms with van der Waals surface area (Å²) in [6.45, 7) is 0. The average molecular weight is 280 g/mol. The average Bonchev–Trinajstić information content (AvgIpc) is 3.09. The molecule has 0 radical (unpaired) electrons. The van der Waals surface area contributed by atoms with E-state index in [1.807, 2.05) is 37.5 Å². The van der Waals surface area contributed by atoms with Crippen molar-refractivity contribution in [3.63, 3.8) is 0 Å². The Labute approximate surface area is 119 Å². The SMILES string of the molecule is COc1ccc(-c2nc3c4cn(C)nc4ncn3n2)cc1. The van der Waals surface area contributed by atoms with Crippen LogP contribution in [0.4, 0.5) is 0 Å². The molecule has 0 spiro atoms. The Morgan fingerprint density at radius 2 is 1.90 bits per heavy atom. The second-order valence-corrected chi connectivity index (χ2v) is 4.72. The summed E-state index contributed by atoms with van der Waals surface area (Å²) in [6, 6.07) is 7.64. The Morgan fingerprint density at radius 1 is 1.10 bits per heavy atom. The number of rotatable bonds is 2. The van der Waals surface area contributed by atoms with Gasteiger partial charge in [-0.3, -0.25) is 4.68 Å². The Hall–Kier alpha value is -2.96. The number of ether oxygens (including phenoxy) is 1. The van der Waals surface area contributed by atoms with Gasteiger partial charge in [-0.25, -0.2) is 14.5 Å². The summed E-state index contributed by atoms with van der Waals surface area (Å²) in [5, 5.41) is 9.62. The van der Waals surface area contributed by atoms with Gasteiger partial charge in [0.25, 0.3) is 0 Å². The predicted molar refractivity (Wildman–Crippen MR) is 77.0 cm³/mol. The van der Waals surface area contributed by atoms with Gasteiger partial charge in [-0.05, 0) is 24.3 Å². The Morgan fingerprint density at radius 3 is 2.67 bits per heavy atom. The minimum Gasteiger partial charge on any atom is -0.497 e. The van der Waals surface area contributed by atoms with Gasteiger partial charge in [0.2, 0.25) is 0 Å². The van der Waals surface area contributed by atoms with Gasteiger partial charge in [0.15, 0.2) is 17.1 Å². The van der Waals surface area contributed by atoms with Crippen molar-refractivity contribution in [3.8, 4) is 17.1 Å². The first-order valence-electron chi connectivity index (χ1n) is 6.44. The lowest BCUT2D eigenvalue weighted by Gasteiger charge is -1.99. The van der Waals surface area contributed by atoms with Gasteiger partial charge in [0.1, 0.15) is 12.1 Å². The van der Waals surface area contributed by atoms with Crippen molar-refractivity contribution in [1.82, 2.24) is 29.4 Å². The Bertz CT molecular complexity index is 937. The van der Waals surface area contributed by atoms with Crippen LogP contribution in [0.5, 0.6) is 5.75 Å². The van der Waals surface area contributed by atoms with E-state index in [9.17, 15) is 0 Å². The monoisotopic (exact) mass is 280 g/mol. The molecule has 7 nitrogen and oxygen atoms in total. The summed E-state index contributed by atoms with van der Waals surface area (Å²) in [5.74, 6) is 1.45. The highest BCUT2D eigenvalue weighted by Crippen LogP contribution is 2.22. The van der Waals surface area contributed by atoms with Crippen LogP contribution in [0.2, 0.25) is 0 Å². The molecule has 104 valence electrons. The van der Waals surface area contributed by atoms with Crippen LogP contribution >= 0.6 is 0 Å². The first-order valence-corrected chi connectivity index (χ1v) is 6.44. The van der Waals surface area contributed by atoms with E-state index in [0.717, 1.165) is 22.3 Å². The molecule has 21 heavy (non-hydrogen) atoms. The van der Waals surface area contributed by atoms with Crippen LogP contribution in [0.3, 0.4) is 0 Å². The second kappa shape index (κ2) is 4.27. The van der Waals surface area contributed by atoms with Crippen LogP contribution in [0, 0.1) is 0 Å². The van der Waals surface area contributed by atoms with Crippen molar-refractivity contribution < 1.29 is 4.74 Å². The van der Waals surface area contributed by atoms with E-state index in [1.165, 1.54) is 0 Å². The molecule has 0 N–H and O–H groups in total. The molecule has 4 rings (SSSR count). The standard InChI is InChI=1S/C14H12N6O/c1-19-7-11-13(17-19)15-8-20-14(11)16-12(18-20)9-3-5-10(21-2)6-4-9/h3-8H,1-2H3. The maximum absolute atomic E-state index is 5.16. The van der Waals surface area contributed by atoms with E-state index < -0.39 is 0 Å². The topological polar surface area (TPSA) is 70.1 Å². The summed E-state index contributed by atoms with van der Waals surface area (Å²) in [4.78, 5) is 8.87. The highest BCUT2D eigenvalue weighted by atomic mass is 16.5. The van der Waals surface area contributed by atoms with Crippen LogP contribution in [0.25, 0.3) is 28.1 Å². The fourth-order valence-corrected chi connectivity index (χ4v) is 2.29. The third-order valence-corrected chi connectivity index (χ3v) is 3.32. The molecule has 0 aliphatic rings. The van der Waals surface area contributed by atoms with Crippen molar-refractivity contribution in [2.24, 2.45) is 7.05 Å². The first-order chi connectivity index (χ1) is 10.2. The van der Waals surface area contributed by atoms with Crippen LogP contribution in [0.1, 0.15) is 0 Å². The summed E-state index contributed by atoms with van der Waals surface area (Å²) < 4.78 is 8.55. The second-order valence-electron chi connectivity index (χ2n) is 4.72. The normalized spacial score (nSPS) is 11.3. The third kappa shape index (κ3) is 1.82. The van der Waals surface area contributed by atoms with E-state index >= 15 is 0 Å². The molecule has 0 bridgehead atoms. The van der Waals surface area contributed by atoms with Crippen molar-refractivity contribution in [3.05, 3.63) is 36.8 Å². The van der Waals surface area contributed by atoms with Crippen molar-refractivity contribution in [1.29, 1.82) is 0 Å². The summed E-state index contributed by atoms with van der Waals surface area (Å²) in [5.41, 5.74) is 2.34. The van der Waals surface area contributed by atoms with Gasteiger partial charge in [-0.2, -0.15) is 5.10 Å². The zero-order valence-corrected chi connectivity index (χ0v) is 11.6. The van der Waals surface area contributed by atoms with Crippen LogP contribution in [0.15, 0.2) is 36.8 Å². The molecule has 0 atom stereocenters. The predicted octanol–water partition coefficient (Wildman–Crippen LogP) is 1.69. The zero-order valence-electron chi connectivity index (χ0n) is 11.6. The van der Waals surface area contributed by atoms with Crippen LogP contribution < -0.4 is 4.74 Å².